The van der Waals surface area contributed by atoms with Crippen molar-refractivity contribution in [2.45, 2.75) is 13.5 Å². The van der Waals surface area contributed by atoms with Gasteiger partial charge in [0.05, 0.1) is 12.2 Å². The van der Waals surface area contributed by atoms with Crippen molar-refractivity contribution in [3.8, 4) is 0 Å². The van der Waals surface area contributed by atoms with Crippen molar-refractivity contribution in [2.75, 3.05) is 32.1 Å². The van der Waals surface area contributed by atoms with Gasteiger partial charge in [0, 0.05) is 32.7 Å². The van der Waals surface area contributed by atoms with E-state index in [4.69, 9.17) is 5.73 Å². The zero-order chi connectivity index (χ0) is 14.6. The van der Waals surface area contributed by atoms with E-state index in [1.165, 1.54) is 21.9 Å². The van der Waals surface area contributed by atoms with Gasteiger partial charge in [-0.2, -0.15) is 0 Å². The first-order valence-corrected chi connectivity index (χ1v) is 6.04. The van der Waals surface area contributed by atoms with E-state index in [0.29, 0.717) is 6.54 Å². The smallest absolute Gasteiger partial charge is 0.241 e. The lowest BCUT2D eigenvalue weighted by molar-refractivity contribution is -0.127. The zero-order valence-electron chi connectivity index (χ0n) is 11.4. The molecule has 0 aromatic heterocycles. The summed E-state index contributed by atoms with van der Waals surface area (Å²) in [5, 5.41) is 0. The summed E-state index contributed by atoms with van der Waals surface area (Å²) in [5.74, 6) is -2.09. The number of hydrogen-bond donors (Lipinski definition) is 1. The van der Waals surface area contributed by atoms with Crippen molar-refractivity contribution < 1.29 is 13.6 Å². The Hall–Kier alpha value is -1.69. The molecule has 0 aliphatic rings. The molecule has 0 saturated heterocycles. The molecular weight excluding hydrogens is 252 g/mol. The molecule has 106 valence electrons. The van der Waals surface area contributed by atoms with Gasteiger partial charge in [0.1, 0.15) is 0 Å². The maximum absolute atomic E-state index is 13.9. The lowest BCUT2D eigenvalue weighted by atomic mass is 10.1. The molecule has 19 heavy (non-hydrogen) atoms. The van der Waals surface area contributed by atoms with Crippen molar-refractivity contribution in [3.63, 3.8) is 0 Å². The Labute approximate surface area is 111 Å². The molecule has 0 heterocycles. The van der Waals surface area contributed by atoms with E-state index in [9.17, 15) is 13.6 Å². The highest BCUT2D eigenvalue weighted by Gasteiger charge is 2.19. The highest BCUT2D eigenvalue weighted by Crippen LogP contribution is 2.24. The van der Waals surface area contributed by atoms with Crippen LogP contribution in [-0.2, 0) is 11.3 Å². The van der Waals surface area contributed by atoms with Gasteiger partial charge in [-0.1, -0.05) is 6.07 Å². The van der Waals surface area contributed by atoms with E-state index < -0.39 is 11.6 Å². The lowest BCUT2D eigenvalue weighted by Crippen LogP contribution is -2.37. The summed E-state index contributed by atoms with van der Waals surface area (Å²) in [4.78, 5) is 14.5. The van der Waals surface area contributed by atoms with Gasteiger partial charge in [-0.15, -0.1) is 0 Å². The summed E-state index contributed by atoms with van der Waals surface area (Å²) in [6.07, 6.45) is 0. The van der Waals surface area contributed by atoms with Crippen LogP contribution >= 0.6 is 0 Å². The van der Waals surface area contributed by atoms with Crippen LogP contribution in [0.4, 0.5) is 14.5 Å². The summed E-state index contributed by atoms with van der Waals surface area (Å²) in [5.41, 5.74) is 5.52. The van der Waals surface area contributed by atoms with E-state index in [0.717, 1.165) is 0 Å². The van der Waals surface area contributed by atoms with Crippen LogP contribution in [0.3, 0.4) is 0 Å². The molecule has 0 radical (unpaired) electrons. The first kappa shape index (κ1) is 15.4. The molecule has 1 aromatic carbocycles. The predicted molar refractivity (Wildman–Crippen MR) is 70.8 cm³/mol. The van der Waals surface area contributed by atoms with Crippen molar-refractivity contribution in [1.82, 2.24) is 4.90 Å². The Kier molecular flexibility index (Phi) is 5.23. The lowest BCUT2D eigenvalue weighted by Gasteiger charge is -2.25. The summed E-state index contributed by atoms with van der Waals surface area (Å²) in [7, 11) is 3.23. The number of carbonyl (C=O) groups excluding carboxylic acids is 1. The Balaban J connectivity index is 3.06. The normalized spacial score (nSPS) is 10.4. The fourth-order valence-electron chi connectivity index (χ4n) is 1.65. The number of nitrogens with two attached hydrogens (primary N) is 1. The van der Waals surface area contributed by atoms with Gasteiger partial charge in [0.25, 0.3) is 0 Å². The molecule has 1 amide bonds. The van der Waals surface area contributed by atoms with E-state index in [2.05, 4.69) is 0 Å². The molecule has 0 saturated carbocycles. The fraction of sp³-hybridized carbons (Fsp3) is 0.462. The quantitative estimate of drug-likeness (QED) is 0.879. The van der Waals surface area contributed by atoms with Crippen LogP contribution in [0.25, 0.3) is 0 Å². The third-order valence-electron chi connectivity index (χ3n) is 2.91. The minimum Gasteiger partial charge on any atom is -0.360 e. The Morgan fingerprint density at radius 3 is 2.37 bits per heavy atom. The van der Waals surface area contributed by atoms with Crippen molar-refractivity contribution in [3.05, 3.63) is 29.3 Å². The molecule has 0 atom stereocenters. The van der Waals surface area contributed by atoms with Crippen LogP contribution in [-0.4, -0.2) is 38.0 Å². The highest BCUT2D eigenvalue weighted by atomic mass is 19.2. The molecule has 1 aromatic rings. The van der Waals surface area contributed by atoms with Gasteiger partial charge in [-0.3, -0.25) is 4.79 Å². The number of hydrogen-bond acceptors (Lipinski definition) is 3. The second kappa shape index (κ2) is 6.47. The SMILES string of the molecule is CCN(CC(=O)N(C)C)c1ccc(CN)c(F)c1F. The minimum absolute atomic E-state index is 0.00182. The number of carbonyl (C=O) groups is 1. The number of nitrogens with zero attached hydrogens (tertiary/aromatic N) is 2. The summed E-state index contributed by atoms with van der Waals surface area (Å²) < 4.78 is 27.6. The molecular formula is C13H19F2N3O. The van der Waals surface area contributed by atoms with Crippen LogP contribution in [0.15, 0.2) is 12.1 Å². The molecule has 0 unspecified atom stereocenters. The number of benzene rings is 1. The van der Waals surface area contributed by atoms with Crippen molar-refractivity contribution in [1.29, 1.82) is 0 Å². The second-order valence-corrected chi connectivity index (χ2v) is 4.38. The molecule has 0 fully saturated rings. The average Bonchev–Trinajstić information content (AvgIpc) is 2.39. The Morgan fingerprint density at radius 2 is 1.89 bits per heavy atom. The fourth-order valence-corrected chi connectivity index (χ4v) is 1.65. The number of halogens is 2. The van der Waals surface area contributed by atoms with Crippen molar-refractivity contribution in [2.24, 2.45) is 5.73 Å². The van der Waals surface area contributed by atoms with E-state index in [1.807, 2.05) is 0 Å². The van der Waals surface area contributed by atoms with Gasteiger partial charge in [0.2, 0.25) is 5.91 Å². The van der Waals surface area contributed by atoms with E-state index >= 15 is 0 Å². The largest absolute Gasteiger partial charge is 0.360 e. The second-order valence-electron chi connectivity index (χ2n) is 4.38. The molecule has 1 rings (SSSR count). The number of likely N-dealkylation sites (N-methyl/N-ethyl adjacent to an activating group) is 2. The molecule has 2 N–H and O–H groups in total. The van der Waals surface area contributed by atoms with Crippen LogP contribution in [0, 0.1) is 11.6 Å². The third-order valence-corrected chi connectivity index (χ3v) is 2.91. The van der Waals surface area contributed by atoms with Crippen LogP contribution in [0.1, 0.15) is 12.5 Å². The Morgan fingerprint density at radius 1 is 1.26 bits per heavy atom. The first-order valence-electron chi connectivity index (χ1n) is 6.04. The van der Waals surface area contributed by atoms with Crippen LogP contribution in [0.2, 0.25) is 0 Å². The van der Waals surface area contributed by atoms with Crippen molar-refractivity contribution >= 4 is 11.6 Å². The minimum atomic E-state index is -0.962. The van der Waals surface area contributed by atoms with Gasteiger partial charge in [-0.05, 0) is 13.0 Å². The van der Waals surface area contributed by atoms with Crippen LogP contribution < -0.4 is 10.6 Å². The molecule has 6 heteroatoms. The monoisotopic (exact) mass is 271 g/mol. The number of amides is 1. The zero-order valence-corrected chi connectivity index (χ0v) is 11.4. The molecule has 0 aliphatic carbocycles. The summed E-state index contributed by atoms with van der Waals surface area (Å²) in [6, 6.07) is 2.89. The van der Waals surface area contributed by atoms with E-state index in [-0.39, 0.29) is 30.2 Å². The summed E-state index contributed by atoms with van der Waals surface area (Å²) >= 11 is 0. The summed E-state index contributed by atoms with van der Waals surface area (Å²) in [6.45, 7) is 2.11. The first-order chi connectivity index (χ1) is 8.92. The third kappa shape index (κ3) is 3.41. The number of rotatable bonds is 5. The molecule has 4 nitrogen and oxygen atoms in total. The van der Waals surface area contributed by atoms with Gasteiger partial charge in [-0.25, -0.2) is 8.78 Å². The molecule has 0 aliphatic heterocycles. The highest BCUT2D eigenvalue weighted by molar-refractivity contribution is 5.81. The maximum atomic E-state index is 13.9. The Bertz CT molecular complexity index is 463. The topological polar surface area (TPSA) is 49.6 Å². The van der Waals surface area contributed by atoms with Crippen LogP contribution in [0.5, 0.6) is 0 Å². The predicted octanol–water partition coefficient (Wildman–Crippen LogP) is 1.34. The average molecular weight is 271 g/mol. The number of anilines is 1. The van der Waals surface area contributed by atoms with Gasteiger partial charge >= 0.3 is 0 Å². The molecule has 0 spiro atoms. The van der Waals surface area contributed by atoms with Gasteiger partial charge in [0.15, 0.2) is 11.6 Å². The maximum Gasteiger partial charge on any atom is 0.241 e. The standard InChI is InChI=1S/C13H19F2N3O/c1-4-18(8-11(19)17(2)3)10-6-5-9(7-16)12(14)13(10)15/h5-6H,4,7-8,16H2,1-3H3. The van der Waals surface area contributed by atoms with E-state index in [1.54, 1.807) is 21.0 Å². The molecule has 0 bridgehead atoms. The van der Waals surface area contributed by atoms with Gasteiger partial charge < -0.3 is 15.5 Å².